The van der Waals surface area contributed by atoms with E-state index in [4.69, 9.17) is 11.6 Å². The number of nitrogens with zero attached hydrogens (tertiary/aromatic N) is 4. The first-order valence-corrected chi connectivity index (χ1v) is 12.1. The van der Waals surface area contributed by atoms with Crippen LogP contribution in [0.25, 0.3) is 5.82 Å². The van der Waals surface area contributed by atoms with Gasteiger partial charge in [-0.1, -0.05) is 23.7 Å². The summed E-state index contributed by atoms with van der Waals surface area (Å²) in [5, 5.41) is 3.55. The van der Waals surface area contributed by atoms with Crippen LogP contribution in [0, 0.1) is 11.7 Å². The monoisotopic (exact) mass is 495 g/mol. The van der Waals surface area contributed by atoms with Crippen LogP contribution in [0.5, 0.6) is 0 Å². The van der Waals surface area contributed by atoms with E-state index in [-0.39, 0.29) is 24.2 Å². The molecule has 2 aliphatic rings. The van der Waals surface area contributed by atoms with Crippen molar-refractivity contribution in [3.63, 3.8) is 0 Å². The minimum Gasteiger partial charge on any atom is -0.323 e. The van der Waals surface area contributed by atoms with E-state index in [1.807, 2.05) is 31.3 Å². The standard InChI is InChI=1S/C26H27ClFN5O2/c1-26(24(34)33(25(35)30-26)16-18-4-7-21(28)8-5-18)19-10-13-31(14-11-19)17-22-3-2-12-32(22)23-9-6-20(27)15-29-23/h2-9,12,15,19H,10-11,13-14,16-17H2,1H3,(H,30,35). The zero-order valence-corrected chi connectivity index (χ0v) is 20.2. The number of urea groups is 1. The molecule has 0 bridgehead atoms. The van der Waals surface area contributed by atoms with Crippen molar-refractivity contribution >= 4 is 23.5 Å². The van der Waals surface area contributed by atoms with Crippen molar-refractivity contribution in [3.8, 4) is 5.82 Å². The first kappa shape index (κ1) is 23.5. The van der Waals surface area contributed by atoms with Gasteiger partial charge in [0.15, 0.2) is 0 Å². The average Bonchev–Trinajstić information content (AvgIpc) is 3.40. The molecule has 3 aromatic rings. The molecular weight excluding hydrogens is 469 g/mol. The zero-order chi connectivity index (χ0) is 24.6. The quantitative estimate of drug-likeness (QED) is 0.515. The highest BCUT2D eigenvalue weighted by Gasteiger charge is 2.52. The Hall–Kier alpha value is -3.23. The van der Waals surface area contributed by atoms with Crippen molar-refractivity contribution in [1.29, 1.82) is 0 Å². The summed E-state index contributed by atoms with van der Waals surface area (Å²) in [7, 11) is 0. The lowest BCUT2D eigenvalue weighted by Gasteiger charge is -2.39. The van der Waals surface area contributed by atoms with E-state index in [0.29, 0.717) is 10.6 Å². The van der Waals surface area contributed by atoms with Crippen molar-refractivity contribution in [1.82, 2.24) is 24.7 Å². The number of nitrogens with one attached hydrogen (secondary N) is 1. The minimum atomic E-state index is -0.934. The number of hydrogen-bond donors (Lipinski definition) is 1. The molecule has 3 amide bonds. The lowest BCUT2D eigenvalue weighted by Crippen LogP contribution is -2.53. The highest BCUT2D eigenvalue weighted by Crippen LogP contribution is 2.34. The van der Waals surface area contributed by atoms with Crippen LogP contribution in [0.3, 0.4) is 0 Å². The van der Waals surface area contributed by atoms with Crippen molar-refractivity contribution in [2.75, 3.05) is 13.1 Å². The molecule has 2 aromatic heterocycles. The molecule has 2 saturated heterocycles. The Labute approximate surface area is 208 Å². The fourth-order valence-corrected chi connectivity index (χ4v) is 5.20. The van der Waals surface area contributed by atoms with Crippen molar-refractivity contribution in [2.45, 2.75) is 38.4 Å². The summed E-state index contributed by atoms with van der Waals surface area (Å²) in [6.07, 6.45) is 5.22. The van der Waals surface area contributed by atoms with Crippen molar-refractivity contribution in [2.24, 2.45) is 5.92 Å². The molecule has 9 heteroatoms. The number of carbonyl (C=O) groups excluding carboxylic acids is 2. The van der Waals surface area contributed by atoms with Gasteiger partial charge in [-0.15, -0.1) is 0 Å². The normalized spacial score (nSPS) is 21.5. The van der Waals surface area contributed by atoms with Gasteiger partial charge in [0, 0.05) is 24.6 Å². The van der Waals surface area contributed by atoms with Crippen LogP contribution >= 0.6 is 11.6 Å². The summed E-state index contributed by atoms with van der Waals surface area (Å²) in [5.74, 6) is 0.294. The van der Waals surface area contributed by atoms with Crippen molar-refractivity contribution in [3.05, 3.63) is 83.0 Å². The molecule has 1 unspecified atom stereocenters. The smallest absolute Gasteiger partial charge is 0.323 e. The SMILES string of the molecule is CC1(C2CCN(Cc3cccn3-c3ccc(Cl)cn3)CC2)NC(=O)N(Cc2ccc(F)cc2)C1=O. The predicted molar refractivity (Wildman–Crippen MR) is 130 cm³/mol. The third kappa shape index (κ3) is 4.68. The highest BCUT2D eigenvalue weighted by atomic mass is 35.5. The molecule has 5 rings (SSSR count). The molecule has 35 heavy (non-hydrogen) atoms. The van der Waals surface area contributed by atoms with E-state index in [9.17, 15) is 14.0 Å². The Morgan fingerprint density at radius 3 is 2.51 bits per heavy atom. The van der Waals surface area contributed by atoms with Crippen LogP contribution in [-0.4, -0.2) is 49.9 Å². The van der Waals surface area contributed by atoms with Crippen LogP contribution in [0.2, 0.25) is 5.02 Å². The number of benzene rings is 1. The Morgan fingerprint density at radius 1 is 1.09 bits per heavy atom. The van der Waals surface area contributed by atoms with Gasteiger partial charge in [-0.2, -0.15) is 0 Å². The second-order valence-electron chi connectivity index (χ2n) is 9.40. The van der Waals surface area contributed by atoms with E-state index >= 15 is 0 Å². The molecule has 2 fully saturated rings. The lowest BCUT2D eigenvalue weighted by atomic mass is 9.79. The number of halogens is 2. The van der Waals surface area contributed by atoms with Gasteiger partial charge >= 0.3 is 6.03 Å². The molecule has 0 spiro atoms. The van der Waals surface area contributed by atoms with E-state index in [1.165, 1.54) is 17.0 Å². The summed E-state index contributed by atoms with van der Waals surface area (Å²) in [6.45, 7) is 4.36. The summed E-state index contributed by atoms with van der Waals surface area (Å²) < 4.78 is 15.3. The highest BCUT2D eigenvalue weighted by molar-refractivity contribution is 6.30. The minimum absolute atomic E-state index is 0.0399. The first-order chi connectivity index (χ1) is 16.8. The average molecular weight is 496 g/mol. The van der Waals surface area contributed by atoms with Gasteiger partial charge in [0.1, 0.15) is 17.2 Å². The molecular formula is C26H27ClFN5O2. The Balaban J connectivity index is 1.22. The van der Waals surface area contributed by atoms with Gasteiger partial charge < -0.3 is 9.88 Å². The summed E-state index contributed by atoms with van der Waals surface area (Å²) >= 11 is 5.97. The van der Waals surface area contributed by atoms with Gasteiger partial charge in [0.25, 0.3) is 5.91 Å². The number of aromatic nitrogens is 2. The number of imide groups is 1. The van der Waals surface area contributed by atoms with E-state index < -0.39 is 11.6 Å². The fourth-order valence-electron chi connectivity index (χ4n) is 5.08. The maximum absolute atomic E-state index is 13.3. The van der Waals surface area contributed by atoms with Crippen LogP contribution in [0.4, 0.5) is 9.18 Å². The van der Waals surface area contributed by atoms with Crippen LogP contribution in [-0.2, 0) is 17.9 Å². The molecule has 182 valence electrons. The second-order valence-corrected chi connectivity index (χ2v) is 9.84. The zero-order valence-electron chi connectivity index (χ0n) is 19.5. The van der Waals surface area contributed by atoms with Gasteiger partial charge in [-0.25, -0.2) is 14.2 Å². The molecule has 2 aliphatic heterocycles. The molecule has 4 heterocycles. The summed E-state index contributed by atoms with van der Waals surface area (Å²) in [4.78, 5) is 34.0. The largest absolute Gasteiger partial charge is 0.325 e. The van der Waals surface area contributed by atoms with Gasteiger partial charge in [0.2, 0.25) is 0 Å². The maximum Gasteiger partial charge on any atom is 0.325 e. The van der Waals surface area contributed by atoms with E-state index in [0.717, 1.165) is 44.0 Å². The molecule has 1 atom stereocenters. The number of amides is 3. The summed E-state index contributed by atoms with van der Waals surface area (Å²) in [5.41, 5.74) is 0.906. The topological polar surface area (TPSA) is 70.5 Å². The van der Waals surface area contributed by atoms with E-state index in [1.54, 1.807) is 18.3 Å². The predicted octanol–water partition coefficient (Wildman–Crippen LogP) is 4.39. The van der Waals surface area contributed by atoms with Crippen LogP contribution < -0.4 is 5.32 Å². The molecule has 0 aliphatic carbocycles. The Kier molecular flexibility index (Phi) is 6.34. The number of rotatable bonds is 6. The number of pyridine rings is 1. The van der Waals surface area contributed by atoms with Crippen LogP contribution in [0.1, 0.15) is 31.0 Å². The number of carbonyl (C=O) groups is 2. The number of likely N-dealkylation sites (tertiary alicyclic amines) is 1. The lowest BCUT2D eigenvalue weighted by molar-refractivity contribution is -0.133. The summed E-state index contributed by atoms with van der Waals surface area (Å²) in [6, 6.07) is 13.3. The van der Waals surface area contributed by atoms with Gasteiger partial charge in [-0.3, -0.25) is 14.6 Å². The Morgan fingerprint density at radius 2 is 1.83 bits per heavy atom. The van der Waals surface area contributed by atoms with Crippen molar-refractivity contribution < 1.29 is 14.0 Å². The molecule has 7 nitrogen and oxygen atoms in total. The second kappa shape index (κ2) is 9.43. The van der Waals surface area contributed by atoms with Crippen LogP contribution in [0.15, 0.2) is 60.9 Å². The molecule has 1 aromatic carbocycles. The number of hydrogen-bond acceptors (Lipinski definition) is 4. The van der Waals surface area contributed by atoms with E-state index in [2.05, 4.69) is 25.8 Å². The molecule has 1 N–H and O–H groups in total. The fraction of sp³-hybridized carbons (Fsp3) is 0.346. The molecule has 0 saturated carbocycles. The Bertz CT molecular complexity index is 1220. The number of piperidine rings is 1. The maximum atomic E-state index is 13.3. The van der Waals surface area contributed by atoms with Gasteiger partial charge in [-0.05, 0) is 80.7 Å². The molecule has 0 radical (unpaired) electrons. The third-order valence-electron chi connectivity index (χ3n) is 7.14. The third-order valence-corrected chi connectivity index (χ3v) is 7.36. The first-order valence-electron chi connectivity index (χ1n) is 11.7. The van der Waals surface area contributed by atoms with Gasteiger partial charge in [0.05, 0.1) is 11.6 Å².